The first kappa shape index (κ1) is 14.2. The number of alkyl halides is 1. The van der Waals surface area contributed by atoms with E-state index < -0.39 is 0 Å². The van der Waals surface area contributed by atoms with Crippen LogP contribution in [0.2, 0.25) is 0 Å². The molecule has 1 aromatic heterocycles. The van der Waals surface area contributed by atoms with Crippen molar-refractivity contribution >= 4 is 15.9 Å². The fraction of sp³-hybridized carbons (Fsp3) is 0.429. The van der Waals surface area contributed by atoms with Crippen LogP contribution in [-0.2, 0) is 16.5 Å². The summed E-state index contributed by atoms with van der Waals surface area (Å²) in [5.74, 6) is 2.32. The molecule has 0 fully saturated rings. The molecular formula is C14H18BrN3O. The normalized spacial score (nSPS) is 12.6. The van der Waals surface area contributed by atoms with Gasteiger partial charge in [0.05, 0.1) is 5.33 Å². The number of aromatic nitrogens is 3. The van der Waals surface area contributed by atoms with E-state index in [1.165, 1.54) is 0 Å². The second-order valence-corrected chi connectivity index (χ2v) is 5.16. The summed E-state index contributed by atoms with van der Waals surface area (Å²) in [6.45, 7) is 2.88. The molecule has 0 saturated heterocycles. The average molecular weight is 324 g/mol. The molecule has 1 aromatic carbocycles. The average Bonchev–Trinajstić information content (AvgIpc) is 2.82. The van der Waals surface area contributed by atoms with Crippen LogP contribution in [0.1, 0.15) is 18.6 Å². The number of methoxy groups -OCH3 is 1. The van der Waals surface area contributed by atoms with Crippen LogP contribution in [0.25, 0.3) is 5.69 Å². The minimum absolute atomic E-state index is 0.417. The van der Waals surface area contributed by atoms with Crippen LogP contribution in [0.5, 0.6) is 0 Å². The lowest BCUT2D eigenvalue weighted by Crippen LogP contribution is -2.12. The van der Waals surface area contributed by atoms with Crippen molar-refractivity contribution in [1.82, 2.24) is 14.8 Å². The van der Waals surface area contributed by atoms with Crippen molar-refractivity contribution < 1.29 is 4.74 Å². The third-order valence-electron chi connectivity index (χ3n) is 2.91. The standard InChI is InChI=1S/C14H18BrN3O/c1-11(10-19-2)8-13-16-17-14(9-15)18(13)12-6-4-3-5-7-12/h3-7,11H,8-10H2,1-2H3. The SMILES string of the molecule is COCC(C)Cc1nnc(CBr)n1-c1ccccc1. The molecule has 1 atom stereocenters. The van der Waals surface area contributed by atoms with Gasteiger partial charge in [-0.2, -0.15) is 0 Å². The molecule has 102 valence electrons. The van der Waals surface area contributed by atoms with Crippen LogP contribution in [0.4, 0.5) is 0 Å². The number of hydrogen-bond donors (Lipinski definition) is 0. The predicted octanol–water partition coefficient (Wildman–Crippen LogP) is 2.99. The van der Waals surface area contributed by atoms with Crippen LogP contribution in [-0.4, -0.2) is 28.5 Å². The zero-order valence-electron chi connectivity index (χ0n) is 11.2. The van der Waals surface area contributed by atoms with E-state index in [-0.39, 0.29) is 0 Å². The van der Waals surface area contributed by atoms with Crippen molar-refractivity contribution in [2.75, 3.05) is 13.7 Å². The molecule has 0 N–H and O–H groups in total. The zero-order valence-corrected chi connectivity index (χ0v) is 12.8. The molecule has 19 heavy (non-hydrogen) atoms. The van der Waals surface area contributed by atoms with E-state index >= 15 is 0 Å². The van der Waals surface area contributed by atoms with Crippen molar-refractivity contribution in [3.05, 3.63) is 42.0 Å². The van der Waals surface area contributed by atoms with Gasteiger partial charge in [-0.15, -0.1) is 10.2 Å². The number of benzene rings is 1. The number of ether oxygens (including phenoxy) is 1. The summed E-state index contributed by atoms with van der Waals surface area (Å²) >= 11 is 3.47. The topological polar surface area (TPSA) is 39.9 Å². The molecule has 0 aliphatic heterocycles. The Balaban J connectivity index is 2.32. The van der Waals surface area contributed by atoms with Gasteiger partial charge in [0.1, 0.15) is 11.6 Å². The monoisotopic (exact) mass is 323 g/mol. The van der Waals surface area contributed by atoms with E-state index in [0.29, 0.717) is 11.2 Å². The van der Waals surface area contributed by atoms with E-state index in [0.717, 1.165) is 30.4 Å². The summed E-state index contributed by atoms with van der Waals surface area (Å²) in [6, 6.07) is 10.2. The third-order valence-corrected chi connectivity index (χ3v) is 3.41. The predicted molar refractivity (Wildman–Crippen MR) is 78.7 cm³/mol. The molecule has 0 aliphatic carbocycles. The van der Waals surface area contributed by atoms with E-state index in [1.807, 2.05) is 18.2 Å². The van der Waals surface area contributed by atoms with Gasteiger partial charge in [-0.3, -0.25) is 4.57 Å². The van der Waals surface area contributed by atoms with Crippen molar-refractivity contribution in [3.63, 3.8) is 0 Å². The first-order valence-electron chi connectivity index (χ1n) is 6.29. The van der Waals surface area contributed by atoms with E-state index in [2.05, 4.69) is 49.8 Å². The van der Waals surface area contributed by atoms with Crippen LogP contribution < -0.4 is 0 Å². The maximum Gasteiger partial charge on any atom is 0.148 e. The summed E-state index contributed by atoms with van der Waals surface area (Å²) in [6.07, 6.45) is 0.850. The van der Waals surface area contributed by atoms with Crippen molar-refractivity contribution in [2.24, 2.45) is 5.92 Å². The van der Waals surface area contributed by atoms with Gasteiger partial charge < -0.3 is 4.74 Å². The van der Waals surface area contributed by atoms with Gasteiger partial charge in [0.2, 0.25) is 0 Å². The zero-order chi connectivity index (χ0) is 13.7. The molecule has 1 unspecified atom stereocenters. The molecule has 4 nitrogen and oxygen atoms in total. The fourth-order valence-electron chi connectivity index (χ4n) is 2.10. The molecular weight excluding hydrogens is 306 g/mol. The molecule has 0 spiro atoms. The Hall–Kier alpha value is -1.20. The molecule has 2 rings (SSSR count). The Kier molecular flexibility index (Phi) is 5.10. The molecule has 1 heterocycles. The van der Waals surface area contributed by atoms with Gasteiger partial charge in [0.15, 0.2) is 0 Å². The Morgan fingerprint density at radius 3 is 2.53 bits per heavy atom. The first-order valence-corrected chi connectivity index (χ1v) is 7.42. The molecule has 0 amide bonds. The van der Waals surface area contributed by atoms with Gasteiger partial charge >= 0.3 is 0 Å². The molecule has 0 bridgehead atoms. The van der Waals surface area contributed by atoms with Crippen LogP contribution in [0, 0.1) is 5.92 Å². The fourth-order valence-corrected chi connectivity index (χ4v) is 2.47. The van der Waals surface area contributed by atoms with Crippen LogP contribution in [0.15, 0.2) is 30.3 Å². The molecule has 2 aromatic rings. The Labute approximate surface area is 121 Å². The van der Waals surface area contributed by atoms with Crippen molar-refractivity contribution in [2.45, 2.75) is 18.7 Å². The Bertz CT molecular complexity index is 513. The van der Waals surface area contributed by atoms with Gasteiger partial charge in [-0.1, -0.05) is 41.1 Å². The maximum absolute atomic E-state index is 5.19. The minimum Gasteiger partial charge on any atom is -0.384 e. The van der Waals surface area contributed by atoms with E-state index in [1.54, 1.807) is 7.11 Å². The number of rotatable bonds is 6. The molecule has 5 heteroatoms. The molecule has 0 saturated carbocycles. The minimum atomic E-state index is 0.417. The second kappa shape index (κ2) is 6.82. The summed E-state index contributed by atoms with van der Waals surface area (Å²) in [5, 5.41) is 9.25. The summed E-state index contributed by atoms with van der Waals surface area (Å²) in [7, 11) is 1.72. The van der Waals surface area contributed by atoms with Crippen LogP contribution >= 0.6 is 15.9 Å². The Morgan fingerprint density at radius 1 is 1.21 bits per heavy atom. The van der Waals surface area contributed by atoms with Gasteiger partial charge in [0, 0.05) is 25.8 Å². The highest BCUT2D eigenvalue weighted by Gasteiger charge is 2.15. The van der Waals surface area contributed by atoms with Crippen LogP contribution in [0.3, 0.4) is 0 Å². The van der Waals surface area contributed by atoms with Gasteiger partial charge in [0.25, 0.3) is 0 Å². The summed E-state index contributed by atoms with van der Waals surface area (Å²) < 4.78 is 7.30. The number of halogens is 1. The first-order chi connectivity index (χ1) is 9.26. The highest BCUT2D eigenvalue weighted by Crippen LogP contribution is 2.17. The lowest BCUT2D eigenvalue weighted by Gasteiger charge is -2.12. The largest absolute Gasteiger partial charge is 0.384 e. The number of hydrogen-bond acceptors (Lipinski definition) is 3. The quantitative estimate of drug-likeness (QED) is 0.767. The lowest BCUT2D eigenvalue weighted by molar-refractivity contribution is 0.158. The van der Waals surface area contributed by atoms with Crippen molar-refractivity contribution in [3.8, 4) is 5.69 Å². The second-order valence-electron chi connectivity index (χ2n) is 4.60. The molecule has 0 aliphatic rings. The van der Waals surface area contributed by atoms with E-state index in [9.17, 15) is 0 Å². The highest BCUT2D eigenvalue weighted by atomic mass is 79.9. The van der Waals surface area contributed by atoms with Crippen molar-refractivity contribution in [1.29, 1.82) is 0 Å². The smallest absolute Gasteiger partial charge is 0.148 e. The summed E-state index contributed by atoms with van der Waals surface area (Å²) in [4.78, 5) is 0. The Morgan fingerprint density at radius 2 is 1.89 bits per heavy atom. The maximum atomic E-state index is 5.19. The van der Waals surface area contributed by atoms with Gasteiger partial charge in [-0.05, 0) is 18.1 Å². The summed E-state index contributed by atoms with van der Waals surface area (Å²) in [5.41, 5.74) is 1.10. The number of nitrogens with zero attached hydrogens (tertiary/aromatic N) is 3. The number of para-hydroxylation sites is 1. The molecule has 0 radical (unpaired) electrons. The van der Waals surface area contributed by atoms with Gasteiger partial charge in [-0.25, -0.2) is 0 Å². The van der Waals surface area contributed by atoms with E-state index in [4.69, 9.17) is 4.74 Å². The lowest BCUT2D eigenvalue weighted by atomic mass is 10.1. The highest BCUT2D eigenvalue weighted by molar-refractivity contribution is 9.08. The third kappa shape index (κ3) is 3.42.